The molecule has 0 spiro atoms. The van der Waals surface area contributed by atoms with Crippen LogP contribution in [-0.2, 0) is 12.8 Å². The van der Waals surface area contributed by atoms with Crippen molar-refractivity contribution in [2.75, 3.05) is 7.11 Å². The van der Waals surface area contributed by atoms with E-state index in [4.69, 9.17) is 10.6 Å². The minimum atomic E-state index is 0.199. The van der Waals surface area contributed by atoms with Gasteiger partial charge in [-0.15, -0.1) is 11.3 Å². The Hall–Kier alpha value is -1.43. The van der Waals surface area contributed by atoms with Gasteiger partial charge in [-0.3, -0.25) is 11.3 Å². The highest BCUT2D eigenvalue weighted by Gasteiger charge is 2.10. The van der Waals surface area contributed by atoms with Gasteiger partial charge in [0.05, 0.1) is 12.1 Å². The first-order valence-electron chi connectivity index (χ1n) is 5.79. The van der Waals surface area contributed by atoms with Crippen molar-refractivity contribution in [3.8, 4) is 5.75 Å². The molecule has 1 aromatic heterocycles. The van der Waals surface area contributed by atoms with Crippen LogP contribution in [0.25, 0.3) is 0 Å². The van der Waals surface area contributed by atoms with Gasteiger partial charge in [-0.05, 0) is 24.1 Å². The number of hydrazine groups is 1. The van der Waals surface area contributed by atoms with Crippen molar-refractivity contribution in [1.82, 2.24) is 10.4 Å². The zero-order chi connectivity index (χ0) is 12.8. The lowest BCUT2D eigenvalue weighted by molar-refractivity contribution is 0.414. The summed E-state index contributed by atoms with van der Waals surface area (Å²) in [5, 5.41) is 3.09. The average Bonchev–Trinajstić information content (AvgIpc) is 2.91. The summed E-state index contributed by atoms with van der Waals surface area (Å²) in [4.78, 5) is 4.28. The third-order valence-electron chi connectivity index (χ3n) is 2.78. The van der Waals surface area contributed by atoms with Gasteiger partial charge in [-0.2, -0.15) is 0 Å². The minimum absolute atomic E-state index is 0.199. The van der Waals surface area contributed by atoms with Gasteiger partial charge < -0.3 is 4.74 Å². The zero-order valence-corrected chi connectivity index (χ0v) is 11.1. The Morgan fingerprint density at radius 3 is 2.67 bits per heavy atom. The number of hydrogen-bond acceptors (Lipinski definition) is 5. The van der Waals surface area contributed by atoms with Gasteiger partial charge in [0.15, 0.2) is 0 Å². The largest absolute Gasteiger partial charge is 0.497 e. The molecule has 1 aromatic carbocycles. The first kappa shape index (κ1) is 13.0. The van der Waals surface area contributed by atoms with Crippen LogP contribution in [0.1, 0.15) is 10.6 Å². The van der Waals surface area contributed by atoms with E-state index in [0.717, 1.165) is 23.6 Å². The third kappa shape index (κ3) is 3.53. The van der Waals surface area contributed by atoms with E-state index in [1.54, 1.807) is 18.4 Å². The molecule has 0 radical (unpaired) electrons. The van der Waals surface area contributed by atoms with Crippen LogP contribution >= 0.6 is 11.3 Å². The van der Waals surface area contributed by atoms with Gasteiger partial charge in [0.25, 0.3) is 0 Å². The Kier molecular flexibility index (Phi) is 4.69. The molecule has 0 aliphatic heterocycles. The summed E-state index contributed by atoms with van der Waals surface area (Å²) in [5.74, 6) is 6.47. The van der Waals surface area contributed by atoms with Gasteiger partial charge in [0, 0.05) is 24.0 Å². The van der Waals surface area contributed by atoms with Gasteiger partial charge in [0.1, 0.15) is 5.75 Å². The molecule has 1 unspecified atom stereocenters. The number of hydrogen-bond donors (Lipinski definition) is 2. The van der Waals surface area contributed by atoms with Crippen molar-refractivity contribution in [3.05, 3.63) is 46.4 Å². The van der Waals surface area contributed by atoms with Crippen LogP contribution in [0.3, 0.4) is 0 Å². The molecule has 4 nitrogen and oxygen atoms in total. The molecular formula is C13H17N3OS. The van der Waals surface area contributed by atoms with E-state index in [2.05, 4.69) is 22.5 Å². The van der Waals surface area contributed by atoms with Crippen molar-refractivity contribution in [2.24, 2.45) is 5.84 Å². The molecule has 0 bridgehead atoms. The fourth-order valence-electron chi connectivity index (χ4n) is 1.80. The summed E-state index contributed by atoms with van der Waals surface area (Å²) >= 11 is 1.66. The van der Waals surface area contributed by atoms with Crippen LogP contribution in [0.2, 0.25) is 0 Å². The Bertz CT molecular complexity index is 456. The Labute approximate surface area is 111 Å². The van der Waals surface area contributed by atoms with E-state index in [9.17, 15) is 0 Å². The normalized spacial score (nSPS) is 12.3. The van der Waals surface area contributed by atoms with E-state index in [1.165, 1.54) is 5.56 Å². The van der Waals surface area contributed by atoms with Crippen molar-refractivity contribution < 1.29 is 4.74 Å². The second kappa shape index (κ2) is 6.49. The first-order valence-corrected chi connectivity index (χ1v) is 6.67. The molecule has 0 amide bonds. The number of ether oxygens (including phenoxy) is 1. The predicted molar refractivity (Wildman–Crippen MR) is 73.6 cm³/mol. The number of thiazole rings is 1. The fraction of sp³-hybridized carbons (Fsp3) is 0.308. The molecule has 18 heavy (non-hydrogen) atoms. The number of methoxy groups -OCH3 is 1. The molecule has 2 aromatic rings. The van der Waals surface area contributed by atoms with Crippen LogP contribution in [-0.4, -0.2) is 18.1 Å². The standard InChI is InChI=1S/C13H17N3OS/c1-17-12-4-2-10(3-5-12)8-11(16-14)9-13-15-6-7-18-13/h2-7,11,16H,8-9,14H2,1H3. The van der Waals surface area contributed by atoms with Crippen LogP contribution in [0.5, 0.6) is 5.75 Å². The SMILES string of the molecule is COc1ccc(CC(Cc2nccs2)NN)cc1. The van der Waals surface area contributed by atoms with Crippen molar-refractivity contribution in [3.63, 3.8) is 0 Å². The molecule has 3 N–H and O–H groups in total. The number of nitrogens with one attached hydrogen (secondary N) is 1. The van der Waals surface area contributed by atoms with E-state index < -0.39 is 0 Å². The maximum atomic E-state index is 5.60. The number of aromatic nitrogens is 1. The number of rotatable bonds is 6. The second-order valence-corrected chi connectivity index (χ2v) is 5.02. The zero-order valence-electron chi connectivity index (χ0n) is 10.3. The Morgan fingerprint density at radius 2 is 2.11 bits per heavy atom. The van der Waals surface area contributed by atoms with Gasteiger partial charge in [-0.25, -0.2) is 4.98 Å². The summed E-state index contributed by atoms with van der Waals surface area (Å²) in [6.07, 6.45) is 3.54. The Balaban J connectivity index is 1.96. The molecular weight excluding hydrogens is 246 g/mol. The molecule has 0 fully saturated rings. The second-order valence-electron chi connectivity index (χ2n) is 4.05. The van der Waals surface area contributed by atoms with Crippen LogP contribution in [0.15, 0.2) is 35.8 Å². The number of benzene rings is 1. The average molecular weight is 263 g/mol. The maximum absolute atomic E-state index is 5.60. The Morgan fingerprint density at radius 1 is 1.33 bits per heavy atom. The summed E-state index contributed by atoms with van der Waals surface area (Å²) in [5.41, 5.74) is 4.08. The highest BCUT2D eigenvalue weighted by atomic mass is 32.1. The topological polar surface area (TPSA) is 60.2 Å². The van der Waals surface area contributed by atoms with Gasteiger partial charge >= 0.3 is 0 Å². The molecule has 0 saturated heterocycles. The quantitative estimate of drug-likeness (QED) is 0.616. The molecule has 0 aliphatic rings. The van der Waals surface area contributed by atoms with Crippen molar-refractivity contribution >= 4 is 11.3 Å². The highest BCUT2D eigenvalue weighted by molar-refractivity contribution is 7.09. The van der Waals surface area contributed by atoms with Crippen LogP contribution in [0.4, 0.5) is 0 Å². The summed E-state index contributed by atoms with van der Waals surface area (Å²) < 4.78 is 5.14. The molecule has 5 heteroatoms. The van der Waals surface area contributed by atoms with Crippen molar-refractivity contribution in [1.29, 1.82) is 0 Å². The summed E-state index contributed by atoms with van der Waals surface area (Å²) in [6, 6.07) is 8.25. The lowest BCUT2D eigenvalue weighted by atomic mass is 10.0. The molecule has 96 valence electrons. The van der Waals surface area contributed by atoms with Crippen molar-refractivity contribution in [2.45, 2.75) is 18.9 Å². The van der Waals surface area contributed by atoms with Gasteiger partial charge in [0.2, 0.25) is 0 Å². The number of nitrogens with two attached hydrogens (primary N) is 1. The molecule has 1 heterocycles. The fourth-order valence-corrected chi connectivity index (χ4v) is 2.50. The maximum Gasteiger partial charge on any atom is 0.118 e. The third-order valence-corrected chi connectivity index (χ3v) is 3.58. The van der Waals surface area contributed by atoms with E-state index in [1.807, 2.05) is 23.7 Å². The van der Waals surface area contributed by atoms with Crippen LogP contribution < -0.4 is 16.0 Å². The van der Waals surface area contributed by atoms with E-state index in [0.29, 0.717) is 0 Å². The highest BCUT2D eigenvalue weighted by Crippen LogP contribution is 2.14. The van der Waals surface area contributed by atoms with Crippen LogP contribution in [0, 0.1) is 0 Å². The predicted octanol–water partition coefficient (Wildman–Crippen LogP) is 1.77. The summed E-state index contributed by atoms with van der Waals surface area (Å²) in [7, 11) is 1.67. The monoisotopic (exact) mass is 263 g/mol. The molecule has 0 saturated carbocycles. The number of nitrogens with zero attached hydrogens (tertiary/aromatic N) is 1. The molecule has 0 aliphatic carbocycles. The lowest BCUT2D eigenvalue weighted by Crippen LogP contribution is -2.38. The molecule has 1 atom stereocenters. The first-order chi connectivity index (χ1) is 8.81. The lowest BCUT2D eigenvalue weighted by Gasteiger charge is -2.14. The van der Waals surface area contributed by atoms with E-state index in [-0.39, 0.29) is 6.04 Å². The minimum Gasteiger partial charge on any atom is -0.497 e. The van der Waals surface area contributed by atoms with Gasteiger partial charge in [-0.1, -0.05) is 12.1 Å². The van der Waals surface area contributed by atoms with E-state index >= 15 is 0 Å². The summed E-state index contributed by atoms with van der Waals surface area (Å²) in [6.45, 7) is 0. The molecule has 2 rings (SSSR count). The smallest absolute Gasteiger partial charge is 0.118 e.